The number of nitrogens with zero attached hydrogens (tertiary/aromatic N) is 6. The van der Waals surface area contributed by atoms with Gasteiger partial charge in [-0.05, 0) is 44.2 Å². The molecule has 10 nitrogen and oxygen atoms in total. The second kappa shape index (κ2) is 9.96. The van der Waals surface area contributed by atoms with Crippen molar-refractivity contribution in [2.45, 2.75) is 69.0 Å². The van der Waals surface area contributed by atoms with Crippen molar-refractivity contribution in [3.63, 3.8) is 0 Å². The first kappa shape index (κ1) is 24.1. The third-order valence-corrected chi connectivity index (χ3v) is 9.31. The van der Waals surface area contributed by atoms with Crippen molar-refractivity contribution in [3.8, 4) is 0 Å². The molecule has 10 heteroatoms. The number of morpholine rings is 1. The molecule has 6 heterocycles. The number of carbonyl (C=O) groups is 1. The van der Waals surface area contributed by atoms with Crippen LogP contribution in [-0.2, 0) is 16.0 Å². The molecule has 4 fully saturated rings. The fourth-order valence-corrected chi connectivity index (χ4v) is 7.32. The summed E-state index contributed by atoms with van der Waals surface area (Å²) < 4.78 is 5.52. The van der Waals surface area contributed by atoms with Gasteiger partial charge in [0, 0.05) is 63.0 Å². The van der Waals surface area contributed by atoms with Gasteiger partial charge in [-0.1, -0.05) is 12.8 Å². The molecule has 0 radical (unpaired) electrons. The Balaban J connectivity index is 1.03. The number of pyridine rings is 1. The van der Waals surface area contributed by atoms with Gasteiger partial charge in [0.2, 0.25) is 11.9 Å². The van der Waals surface area contributed by atoms with Gasteiger partial charge in [0.05, 0.1) is 25.1 Å². The molecule has 7 rings (SSSR count). The molecule has 0 bridgehead atoms. The number of carbonyl (C=O) groups excluding carboxylic acids is 1. The number of nitrogens with one attached hydrogen (secondary N) is 2. The second-order valence-corrected chi connectivity index (χ2v) is 11.5. The summed E-state index contributed by atoms with van der Waals surface area (Å²) in [7, 11) is 0. The van der Waals surface area contributed by atoms with E-state index in [1.165, 1.54) is 25.7 Å². The number of fused-ring (bicyclic) bond motifs is 1. The highest BCUT2D eigenvalue weighted by Gasteiger charge is 2.55. The van der Waals surface area contributed by atoms with Crippen LogP contribution in [-0.4, -0.2) is 89.3 Å². The van der Waals surface area contributed by atoms with Crippen LogP contribution in [0.15, 0.2) is 24.5 Å². The highest BCUT2D eigenvalue weighted by molar-refractivity contribution is 5.94. The van der Waals surface area contributed by atoms with Crippen LogP contribution in [0.3, 0.4) is 0 Å². The van der Waals surface area contributed by atoms with E-state index in [0.717, 1.165) is 88.1 Å². The zero-order chi connectivity index (χ0) is 25.5. The number of hydrogen-bond acceptors (Lipinski definition) is 9. The summed E-state index contributed by atoms with van der Waals surface area (Å²) in [5.41, 5.74) is 1.45. The molecular formula is C28H38N8O2. The average molecular weight is 519 g/mol. The fraction of sp³-hybridized carbons (Fsp3) is 0.643. The highest BCUT2D eigenvalue weighted by Crippen LogP contribution is 2.46. The summed E-state index contributed by atoms with van der Waals surface area (Å²) in [6.45, 7) is 6.63. The molecule has 2 aromatic heterocycles. The molecule has 0 aromatic carbocycles. The van der Waals surface area contributed by atoms with Crippen molar-refractivity contribution in [3.05, 3.63) is 30.1 Å². The minimum absolute atomic E-state index is 0.144. The minimum Gasteiger partial charge on any atom is -0.379 e. The molecule has 1 atom stereocenters. The Morgan fingerprint density at radius 3 is 2.50 bits per heavy atom. The van der Waals surface area contributed by atoms with E-state index in [1.54, 1.807) is 0 Å². The van der Waals surface area contributed by atoms with E-state index in [9.17, 15) is 4.79 Å². The molecular weight excluding hydrogens is 480 g/mol. The lowest BCUT2D eigenvalue weighted by atomic mass is 9.91. The molecule has 202 valence electrons. The summed E-state index contributed by atoms with van der Waals surface area (Å²) in [5, 5.41) is 6.45. The minimum atomic E-state index is -0.497. The van der Waals surface area contributed by atoms with Crippen LogP contribution in [0.4, 0.5) is 23.3 Å². The summed E-state index contributed by atoms with van der Waals surface area (Å²) >= 11 is 0. The lowest BCUT2D eigenvalue weighted by Crippen LogP contribution is -2.56. The number of piperidine rings is 1. The van der Waals surface area contributed by atoms with Crippen LogP contribution < -0.4 is 20.4 Å². The number of hydrogen-bond donors (Lipinski definition) is 2. The van der Waals surface area contributed by atoms with Gasteiger partial charge in [-0.25, -0.2) is 9.97 Å². The van der Waals surface area contributed by atoms with Crippen molar-refractivity contribution < 1.29 is 9.53 Å². The number of ether oxygens (including phenoxy) is 1. The van der Waals surface area contributed by atoms with Gasteiger partial charge < -0.3 is 25.2 Å². The lowest BCUT2D eigenvalue weighted by Gasteiger charge is -2.40. The van der Waals surface area contributed by atoms with Crippen LogP contribution in [0.1, 0.15) is 50.5 Å². The largest absolute Gasteiger partial charge is 0.379 e. The van der Waals surface area contributed by atoms with E-state index in [-0.39, 0.29) is 5.91 Å². The summed E-state index contributed by atoms with van der Waals surface area (Å²) in [6.07, 6.45) is 12.3. The number of amides is 1. The third-order valence-electron chi connectivity index (χ3n) is 9.31. The number of anilines is 4. The molecule has 1 aliphatic carbocycles. The molecule has 3 saturated heterocycles. The number of aromatic nitrogens is 3. The maximum absolute atomic E-state index is 13.0. The van der Waals surface area contributed by atoms with Crippen molar-refractivity contribution in [1.29, 1.82) is 0 Å². The van der Waals surface area contributed by atoms with Crippen LogP contribution >= 0.6 is 0 Å². The Bertz CT molecular complexity index is 1160. The predicted molar refractivity (Wildman–Crippen MR) is 146 cm³/mol. The Hall–Kier alpha value is -2.98. The molecule has 1 saturated carbocycles. The van der Waals surface area contributed by atoms with Crippen molar-refractivity contribution in [1.82, 2.24) is 25.2 Å². The van der Waals surface area contributed by atoms with Crippen LogP contribution in [0, 0.1) is 0 Å². The molecule has 1 amide bonds. The molecule has 1 spiro atoms. The van der Waals surface area contributed by atoms with Gasteiger partial charge >= 0.3 is 0 Å². The average Bonchev–Trinajstić information content (AvgIpc) is 3.69. The fourth-order valence-electron chi connectivity index (χ4n) is 7.32. The topological polar surface area (TPSA) is 98.8 Å². The molecule has 4 aliphatic heterocycles. The first-order valence-electron chi connectivity index (χ1n) is 14.4. The Kier molecular flexibility index (Phi) is 6.31. The zero-order valence-corrected chi connectivity index (χ0v) is 22.1. The smallest absolute Gasteiger partial charge is 0.246 e. The Morgan fingerprint density at radius 1 is 0.974 bits per heavy atom. The van der Waals surface area contributed by atoms with E-state index in [0.29, 0.717) is 24.5 Å². The van der Waals surface area contributed by atoms with E-state index in [2.05, 4.69) is 42.5 Å². The van der Waals surface area contributed by atoms with E-state index >= 15 is 0 Å². The van der Waals surface area contributed by atoms with Crippen LogP contribution in [0.5, 0.6) is 0 Å². The molecule has 2 aromatic rings. The third kappa shape index (κ3) is 4.27. The zero-order valence-electron chi connectivity index (χ0n) is 22.1. The normalized spacial score (nSPS) is 26.8. The first-order chi connectivity index (χ1) is 18.7. The van der Waals surface area contributed by atoms with Gasteiger partial charge in [-0.15, -0.1) is 0 Å². The summed E-state index contributed by atoms with van der Waals surface area (Å²) in [6, 6.07) is 5.18. The van der Waals surface area contributed by atoms with Gasteiger partial charge in [0.15, 0.2) is 0 Å². The maximum Gasteiger partial charge on any atom is 0.246 e. The Morgan fingerprint density at radius 2 is 1.79 bits per heavy atom. The predicted octanol–water partition coefficient (Wildman–Crippen LogP) is 2.48. The summed E-state index contributed by atoms with van der Waals surface area (Å²) in [5.74, 6) is 2.65. The monoisotopic (exact) mass is 518 g/mol. The maximum atomic E-state index is 13.0. The molecule has 1 unspecified atom stereocenters. The van der Waals surface area contributed by atoms with Gasteiger partial charge in [-0.3, -0.25) is 9.69 Å². The highest BCUT2D eigenvalue weighted by atomic mass is 16.5. The first-order valence-corrected chi connectivity index (χ1v) is 14.4. The van der Waals surface area contributed by atoms with Gasteiger partial charge in [0.25, 0.3) is 0 Å². The molecule has 2 N–H and O–H groups in total. The van der Waals surface area contributed by atoms with Crippen molar-refractivity contribution in [2.75, 3.05) is 61.1 Å². The van der Waals surface area contributed by atoms with Gasteiger partial charge in [-0.2, -0.15) is 4.98 Å². The molecule has 38 heavy (non-hydrogen) atoms. The van der Waals surface area contributed by atoms with Crippen LogP contribution in [0.25, 0.3) is 0 Å². The van der Waals surface area contributed by atoms with E-state index in [1.807, 2.05) is 12.4 Å². The standard InChI is InChI=1S/C28H38N8O2/c37-26-28(9-10-29-26)17-20-18-31-27(33-25(20)36(28)23-3-1-2-4-23)32-21-5-6-24(30-19-21)35-11-7-22(8-12-35)34-13-15-38-16-14-34/h5-6,18-19,22-23H,1-4,7-17H2,(H,29,37)(H,31,32,33). The van der Waals surface area contributed by atoms with E-state index in [4.69, 9.17) is 14.7 Å². The quantitative estimate of drug-likeness (QED) is 0.619. The van der Waals surface area contributed by atoms with Gasteiger partial charge in [0.1, 0.15) is 17.2 Å². The van der Waals surface area contributed by atoms with E-state index < -0.39 is 5.54 Å². The lowest BCUT2D eigenvalue weighted by molar-refractivity contribution is -0.123. The van der Waals surface area contributed by atoms with Crippen molar-refractivity contribution in [2.24, 2.45) is 0 Å². The summed E-state index contributed by atoms with van der Waals surface area (Å²) in [4.78, 5) is 34.7. The Labute approximate surface area is 224 Å². The van der Waals surface area contributed by atoms with Crippen LogP contribution in [0.2, 0.25) is 0 Å². The SMILES string of the molecule is O=C1NCCC12Cc1cnc(Nc3ccc(N4CCC(N5CCOCC5)CC4)nc3)nc1N2C1CCCC1. The second-order valence-electron chi connectivity index (χ2n) is 11.5. The number of rotatable bonds is 5. The van der Waals surface area contributed by atoms with Crippen molar-refractivity contribution >= 4 is 29.2 Å². The molecule has 5 aliphatic rings.